The van der Waals surface area contributed by atoms with Crippen molar-refractivity contribution in [2.75, 3.05) is 9.80 Å². The highest BCUT2D eigenvalue weighted by molar-refractivity contribution is 6.32. The Balaban J connectivity index is 1.34. The number of non-ortho nitro benzene ring substituents is 1. The summed E-state index contributed by atoms with van der Waals surface area (Å²) in [6.07, 6.45) is 2.18. The zero-order valence-electron chi connectivity index (χ0n) is 23.7. The van der Waals surface area contributed by atoms with E-state index >= 15 is 0 Å². The highest BCUT2D eigenvalue weighted by Crippen LogP contribution is 2.63. The van der Waals surface area contributed by atoms with Crippen molar-refractivity contribution >= 4 is 52.3 Å². The van der Waals surface area contributed by atoms with Crippen molar-refractivity contribution < 1.29 is 33.6 Å². The van der Waals surface area contributed by atoms with Crippen molar-refractivity contribution in [3.05, 3.63) is 105 Å². The summed E-state index contributed by atoms with van der Waals surface area (Å²) in [6.45, 7) is 1.70. The molecule has 3 fully saturated rings. The minimum atomic E-state index is -1.34. The smallest absolute Gasteiger partial charge is 0.269 e. The van der Waals surface area contributed by atoms with Gasteiger partial charge in [0.25, 0.3) is 5.69 Å². The van der Waals surface area contributed by atoms with Gasteiger partial charge < -0.3 is 5.11 Å². The van der Waals surface area contributed by atoms with E-state index in [9.17, 15) is 38.8 Å². The maximum absolute atomic E-state index is 14.4. The van der Waals surface area contributed by atoms with Crippen LogP contribution in [0.4, 0.5) is 21.5 Å². The Morgan fingerprint density at radius 2 is 1.64 bits per heavy atom. The fourth-order valence-electron chi connectivity index (χ4n) is 7.95. The summed E-state index contributed by atoms with van der Waals surface area (Å²) in [5, 5.41) is 21.3. The van der Waals surface area contributed by atoms with Crippen LogP contribution in [-0.4, -0.2) is 33.7 Å². The molecule has 12 heteroatoms. The molecule has 1 saturated carbocycles. The van der Waals surface area contributed by atoms with E-state index in [1.807, 2.05) is 6.08 Å². The SMILES string of the molecule is CC12C(=O)N(c3ccc(F)c(Cl)c3)C(=O)C1CC1C(=CCC3C(=O)N(c4ccc([N+](=O)[O-])cc4)C(=O)C31)C2c1cccc(O)c1. The number of carbonyl (C=O) groups is 4. The lowest BCUT2D eigenvalue weighted by atomic mass is 9.51. The number of nitro benzene ring substituents is 1. The third-order valence-electron chi connectivity index (χ3n) is 9.96. The number of anilines is 2. The van der Waals surface area contributed by atoms with E-state index in [0.717, 1.165) is 21.4 Å². The Bertz CT molecular complexity index is 1880. The molecule has 2 aliphatic carbocycles. The second-order valence-electron chi connectivity index (χ2n) is 12.1. The molecule has 6 atom stereocenters. The molecule has 3 aromatic carbocycles. The van der Waals surface area contributed by atoms with Crippen molar-refractivity contribution in [2.45, 2.75) is 25.7 Å². The quantitative estimate of drug-likeness (QED) is 0.173. The van der Waals surface area contributed by atoms with E-state index in [-0.39, 0.29) is 40.7 Å². The summed E-state index contributed by atoms with van der Waals surface area (Å²) in [4.78, 5) is 69.0. The molecule has 3 aromatic rings. The second-order valence-corrected chi connectivity index (χ2v) is 12.5. The molecule has 10 nitrogen and oxygen atoms in total. The van der Waals surface area contributed by atoms with Gasteiger partial charge in [0.1, 0.15) is 11.6 Å². The Morgan fingerprint density at radius 1 is 0.933 bits per heavy atom. The van der Waals surface area contributed by atoms with Gasteiger partial charge in [0, 0.05) is 18.1 Å². The number of amides is 4. The molecule has 7 rings (SSSR count). The largest absolute Gasteiger partial charge is 0.508 e. The number of fused-ring (bicyclic) bond motifs is 4. The Morgan fingerprint density at radius 3 is 2.31 bits per heavy atom. The minimum Gasteiger partial charge on any atom is -0.508 e. The van der Waals surface area contributed by atoms with E-state index in [1.54, 1.807) is 19.1 Å². The number of halogens is 2. The van der Waals surface area contributed by atoms with Crippen molar-refractivity contribution in [3.8, 4) is 5.75 Å². The van der Waals surface area contributed by atoms with E-state index in [0.29, 0.717) is 5.56 Å². The molecule has 2 aliphatic heterocycles. The number of carbonyl (C=O) groups excluding carboxylic acids is 4. The molecule has 0 radical (unpaired) electrons. The fourth-order valence-corrected chi connectivity index (χ4v) is 8.12. The average molecular weight is 630 g/mol. The summed E-state index contributed by atoms with van der Waals surface area (Å²) < 4.78 is 14.0. The van der Waals surface area contributed by atoms with Crippen LogP contribution in [0.5, 0.6) is 5.75 Å². The number of hydrogen-bond donors (Lipinski definition) is 1. The number of aromatic hydroxyl groups is 1. The Labute approximate surface area is 260 Å². The highest BCUT2D eigenvalue weighted by Gasteiger charge is 2.67. The van der Waals surface area contributed by atoms with Gasteiger partial charge in [-0.1, -0.05) is 35.4 Å². The molecule has 6 unspecified atom stereocenters. The molecule has 4 amide bonds. The van der Waals surface area contributed by atoms with E-state index < -0.39 is 69.4 Å². The number of imide groups is 2. The monoisotopic (exact) mass is 629 g/mol. The number of phenolic OH excluding ortho intramolecular Hbond substituents is 1. The van der Waals surface area contributed by atoms with Gasteiger partial charge in [-0.05, 0) is 73.7 Å². The standard InChI is InChI=1S/C33H25ClFN3O7/c1-33-24(30(41)37(32(33)43)19-9-12-26(35)25(34)14-19)15-23-21(28(33)16-3-2-4-20(39)13-16)10-11-22-27(23)31(42)36(29(22)40)17-5-7-18(8-6-17)38(44)45/h2-10,12-14,22-24,27-28,39H,11,15H2,1H3. The lowest BCUT2D eigenvalue weighted by Crippen LogP contribution is -2.48. The van der Waals surface area contributed by atoms with Crippen molar-refractivity contribution in [1.82, 2.24) is 0 Å². The topological polar surface area (TPSA) is 138 Å². The van der Waals surface area contributed by atoms with Crippen molar-refractivity contribution in [2.24, 2.45) is 29.1 Å². The average Bonchev–Trinajstić information content (AvgIpc) is 3.38. The summed E-state index contributed by atoms with van der Waals surface area (Å²) in [7, 11) is 0. The molecule has 0 aromatic heterocycles. The van der Waals surface area contributed by atoms with Crippen LogP contribution in [0.15, 0.2) is 78.4 Å². The number of hydrogen-bond acceptors (Lipinski definition) is 7. The lowest BCUT2D eigenvalue weighted by molar-refractivity contribution is -0.384. The number of phenols is 1. The Kier molecular flexibility index (Phi) is 6.45. The maximum Gasteiger partial charge on any atom is 0.269 e. The first-order valence-corrected chi connectivity index (χ1v) is 14.8. The highest BCUT2D eigenvalue weighted by atomic mass is 35.5. The van der Waals surface area contributed by atoms with E-state index in [1.165, 1.54) is 48.5 Å². The van der Waals surface area contributed by atoms with E-state index in [2.05, 4.69) is 0 Å². The molecule has 0 bridgehead atoms. The van der Waals surface area contributed by atoms with Gasteiger partial charge in [-0.2, -0.15) is 0 Å². The van der Waals surface area contributed by atoms with Crippen LogP contribution in [0, 0.1) is 45.0 Å². The first kappa shape index (κ1) is 28.8. The molecular weight excluding hydrogens is 605 g/mol. The van der Waals surface area contributed by atoms with Crippen LogP contribution in [0.3, 0.4) is 0 Å². The van der Waals surface area contributed by atoms with Crippen LogP contribution in [0.25, 0.3) is 0 Å². The molecule has 228 valence electrons. The van der Waals surface area contributed by atoms with Gasteiger partial charge in [-0.15, -0.1) is 0 Å². The van der Waals surface area contributed by atoms with Gasteiger partial charge >= 0.3 is 0 Å². The minimum absolute atomic E-state index is 0.0422. The first-order chi connectivity index (χ1) is 21.4. The number of rotatable bonds is 4. The summed E-state index contributed by atoms with van der Waals surface area (Å²) in [5.74, 6) is -6.52. The van der Waals surface area contributed by atoms with Crippen LogP contribution >= 0.6 is 11.6 Å². The van der Waals surface area contributed by atoms with Crippen LogP contribution in [-0.2, 0) is 19.2 Å². The predicted octanol–water partition coefficient (Wildman–Crippen LogP) is 5.53. The van der Waals surface area contributed by atoms with Gasteiger partial charge in [-0.3, -0.25) is 34.2 Å². The van der Waals surface area contributed by atoms with Crippen molar-refractivity contribution in [1.29, 1.82) is 0 Å². The van der Waals surface area contributed by atoms with Gasteiger partial charge in [0.05, 0.1) is 44.5 Å². The molecule has 4 aliphatic rings. The Hall–Kier alpha value is -4.90. The molecule has 1 N–H and O–H groups in total. The number of nitrogens with zero attached hydrogens (tertiary/aromatic N) is 3. The van der Waals surface area contributed by atoms with Gasteiger partial charge in [0.2, 0.25) is 23.6 Å². The zero-order chi connectivity index (χ0) is 31.9. The normalized spacial score (nSPS) is 29.0. The number of benzene rings is 3. The third kappa shape index (κ3) is 4.06. The summed E-state index contributed by atoms with van der Waals surface area (Å²) in [5.41, 5.74) is 0.103. The lowest BCUT2D eigenvalue weighted by Gasteiger charge is -2.49. The molecular formula is C33H25ClFN3O7. The molecule has 2 heterocycles. The third-order valence-corrected chi connectivity index (χ3v) is 10.2. The summed E-state index contributed by atoms with van der Waals surface area (Å²) >= 11 is 6.03. The van der Waals surface area contributed by atoms with Crippen LogP contribution < -0.4 is 9.80 Å². The van der Waals surface area contributed by atoms with Gasteiger partial charge in [-0.25, -0.2) is 9.29 Å². The molecule has 2 saturated heterocycles. The van der Waals surface area contributed by atoms with Crippen LogP contribution in [0.1, 0.15) is 31.2 Å². The maximum atomic E-state index is 14.4. The van der Waals surface area contributed by atoms with Gasteiger partial charge in [0.15, 0.2) is 0 Å². The number of nitro groups is 1. The summed E-state index contributed by atoms with van der Waals surface area (Å²) in [6, 6.07) is 15.2. The second kappa shape index (κ2) is 10.1. The number of allylic oxidation sites excluding steroid dienone is 2. The van der Waals surface area contributed by atoms with Crippen LogP contribution in [0.2, 0.25) is 5.02 Å². The zero-order valence-corrected chi connectivity index (χ0v) is 24.5. The van der Waals surface area contributed by atoms with E-state index in [4.69, 9.17) is 11.6 Å². The fraction of sp³-hybridized carbons (Fsp3) is 0.273. The first-order valence-electron chi connectivity index (χ1n) is 14.4. The molecule has 0 spiro atoms. The molecule has 45 heavy (non-hydrogen) atoms. The predicted molar refractivity (Wildman–Crippen MR) is 160 cm³/mol. The van der Waals surface area contributed by atoms with Crippen molar-refractivity contribution in [3.63, 3.8) is 0 Å².